The Balaban J connectivity index is 1.37. The van der Waals surface area contributed by atoms with Crippen LogP contribution in [-0.4, -0.2) is 14.1 Å². The van der Waals surface area contributed by atoms with Crippen LogP contribution >= 0.6 is 0 Å². The van der Waals surface area contributed by atoms with Crippen molar-refractivity contribution in [2.75, 3.05) is 0 Å². The summed E-state index contributed by atoms with van der Waals surface area (Å²) in [6.07, 6.45) is 3.70. The second-order valence-corrected chi connectivity index (χ2v) is 9.97. The molecule has 0 fully saturated rings. The number of rotatable bonds is 3. The molecular formula is C36H22N4. The zero-order valence-electron chi connectivity index (χ0n) is 21.5. The van der Waals surface area contributed by atoms with Crippen molar-refractivity contribution >= 4 is 43.6 Å². The van der Waals surface area contributed by atoms with E-state index in [1.54, 1.807) is 6.20 Å². The lowest BCUT2D eigenvalue weighted by atomic mass is 9.99. The fourth-order valence-electron chi connectivity index (χ4n) is 6.17. The SMILES string of the molecule is N#Cc1cc(-n2c3ccccc3c3ccccc32)ccc1-c1ccncc1-n1c2ccccc2c2ccccc21. The number of para-hydroxylation sites is 4. The molecule has 0 aliphatic carbocycles. The van der Waals surface area contributed by atoms with E-state index in [1.165, 1.54) is 21.5 Å². The molecule has 0 bridgehead atoms. The predicted octanol–water partition coefficient (Wildman–Crippen LogP) is 8.81. The summed E-state index contributed by atoms with van der Waals surface area (Å²) in [5.41, 5.74) is 8.83. The Kier molecular flexibility index (Phi) is 4.85. The Hall–Kier alpha value is -5.66. The molecule has 8 rings (SSSR count). The molecule has 0 radical (unpaired) electrons. The summed E-state index contributed by atoms with van der Waals surface area (Å²) in [5, 5.41) is 15.2. The van der Waals surface area contributed by atoms with Crippen molar-refractivity contribution in [2.45, 2.75) is 0 Å². The smallest absolute Gasteiger partial charge is 0.0998 e. The van der Waals surface area contributed by atoms with Crippen molar-refractivity contribution in [1.29, 1.82) is 5.26 Å². The molecule has 4 heteroatoms. The van der Waals surface area contributed by atoms with Gasteiger partial charge in [0, 0.05) is 44.6 Å². The van der Waals surface area contributed by atoms with Crippen LogP contribution in [0.3, 0.4) is 0 Å². The van der Waals surface area contributed by atoms with Crippen molar-refractivity contribution in [3.8, 4) is 28.6 Å². The Labute approximate surface area is 230 Å². The minimum absolute atomic E-state index is 0.618. The number of hydrogen-bond acceptors (Lipinski definition) is 2. The van der Waals surface area contributed by atoms with E-state index in [-0.39, 0.29) is 0 Å². The molecule has 0 amide bonds. The topological polar surface area (TPSA) is 46.5 Å². The van der Waals surface area contributed by atoms with Gasteiger partial charge in [-0.05, 0) is 42.5 Å². The molecule has 0 saturated heterocycles. The quantitative estimate of drug-likeness (QED) is 0.238. The third-order valence-electron chi connectivity index (χ3n) is 7.87. The highest BCUT2D eigenvalue weighted by molar-refractivity contribution is 6.10. The second-order valence-electron chi connectivity index (χ2n) is 9.97. The van der Waals surface area contributed by atoms with E-state index in [2.05, 4.69) is 129 Å². The van der Waals surface area contributed by atoms with Crippen LogP contribution < -0.4 is 0 Å². The second kappa shape index (κ2) is 8.69. The number of nitrogens with zero attached hydrogens (tertiary/aromatic N) is 4. The number of hydrogen-bond donors (Lipinski definition) is 0. The largest absolute Gasteiger partial charge is 0.309 e. The maximum Gasteiger partial charge on any atom is 0.0998 e. The van der Waals surface area contributed by atoms with Gasteiger partial charge in [-0.15, -0.1) is 0 Å². The monoisotopic (exact) mass is 510 g/mol. The van der Waals surface area contributed by atoms with Gasteiger partial charge in [-0.1, -0.05) is 78.9 Å². The van der Waals surface area contributed by atoms with Gasteiger partial charge in [-0.2, -0.15) is 5.26 Å². The first-order valence-electron chi connectivity index (χ1n) is 13.3. The van der Waals surface area contributed by atoms with Gasteiger partial charge in [0.15, 0.2) is 0 Å². The van der Waals surface area contributed by atoms with Crippen LogP contribution in [0, 0.1) is 11.3 Å². The normalized spacial score (nSPS) is 11.5. The van der Waals surface area contributed by atoms with E-state index in [9.17, 15) is 5.26 Å². The van der Waals surface area contributed by atoms with E-state index in [1.807, 2.05) is 18.3 Å². The van der Waals surface area contributed by atoms with Crippen LogP contribution in [0.2, 0.25) is 0 Å². The molecule has 0 N–H and O–H groups in total. The van der Waals surface area contributed by atoms with Gasteiger partial charge in [0.25, 0.3) is 0 Å². The average Bonchev–Trinajstić information content (AvgIpc) is 3.54. The Bertz CT molecular complexity index is 2190. The molecule has 40 heavy (non-hydrogen) atoms. The molecule has 0 spiro atoms. The van der Waals surface area contributed by atoms with Crippen molar-refractivity contribution in [3.63, 3.8) is 0 Å². The van der Waals surface area contributed by atoms with Crippen LogP contribution in [0.15, 0.2) is 134 Å². The summed E-state index contributed by atoms with van der Waals surface area (Å²) < 4.78 is 4.50. The summed E-state index contributed by atoms with van der Waals surface area (Å²) in [7, 11) is 0. The van der Waals surface area contributed by atoms with Gasteiger partial charge < -0.3 is 9.13 Å². The zero-order chi connectivity index (χ0) is 26.6. The summed E-state index contributed by atoms with van der Waals surface area (Å²) >= 11 is 0. The standard InChI is InChI=1S/C36H22N4/c37-22-24-21-25(39-32-13-5-1-9-27(32)28-10-2-6-14-33(28)39)17-18-26(24)31-19-20-38-23-36(31)40-34-15-7-3-11-29(34)30-12-4-8-16-35(30)40/h1-21,23H. The van der Waals surface area contributed by atoms with Crippen molar-refractivity contribution < 1.29 is 0 Å². The van der Waals surface area contributed by atoms with E-state index in [0.29, 0.717) is 5.56 Å². The van der Waals surface area contributed by atoms with Crippen LogP contribution in [0.25, 0.3) is 66.1 Å². The van der Waals surface area contributed by atoms with Crippen molar-refractivity contribution in [1.82, 2.24) is 14.1 Å². The average molecular weight is 511 g/mol. The molecule has 0 atom stereocenters. The summed E-state index contributed by atoms with van der Waals surface area (Å²) in [5.74, 6) is 0. The Morgan fingerprint density at radius 2 is 1.02 bits per heavy atom. The molecule has 4 nitrogen and oxygen atoms in total. The first-order chi connectivity index (χ1) is 19.8. The van der Waals surface area contributed by atoms with Crippen molar-refractivity contribution in [3.05, 3.63) is 139 Å². The molecule has 0 unspecified atom stereocenters. The van der Waals surface area contributed by atoms with Crippen LogP contribution in [0.4, 0.5) is 0 Å². The van der Waals surface area contributed by atoms with Crippen molar-refractivity contribution in [2.24, 2.45) is 0 Å². The summed E-state index contributed by atoms with van der Waals surface area (Å²) in [6.45, 7) is 0. The fourth-order valence-corrected chi connectivity index (χ4v) is 6.17. The van der Waals surface area contributed by atoms with E-state index in [0.717, 1.165) is 44.6 Å². The van der Waals surface area contributed by atoms with Gasteiger partial charge in [-0.3, -0.25) is 4.98 Å². The van der Waals surface area contributed by atoms with Gasteiger partial charge in [-0.25, -0.2) is 0 Å². The maximum atomic E-state index is 10.4. The number of fused-ring (bicyclic) bond motifs is 6. The number of aromatic nitrogens is 3. The first kappa shape index (κ1) is 22.3. The Morgan fingerprint density at radius 3 is 1.55 bits per heavy atom. The first-order valence-corrected chi connectivity index (χ1v) is 13.3. The van der Waals surface area contributed by atoms with Gasteiger partial charge in [0.2, 0.25) is 0 Å². The molecular weight excluding hydrogens is 488 g/mol. The zero-order valence-corrected chi connectivity index (χ0v) is 21.5. The van der Waals surface area contributed by atoms with Gasteiger partial charge >= 0.3 is 0 Å². The summed E-state index contributed by atoms with van der Waals surface area (Å²) in [4.78, 5) is 4.51. The minimum Gasteiger partial charge on any atom is -0.309 e. The van der Waals surface area contributed by atoms with Crippen LogP contribution in [0.1, 0.15) is 5.56 Å². The lowest BCUT2D eigenvalue weighted by Gasteiger charge is -2.15. The Morgan fingerprint density at radius 1 is 0.525 bits per heavy atom. The van der Waals surface area contributed by atoms with Gasteiger partial charge in [0.05, 0.1) is 45.6 Å². The molecule has 3 aromatic heterocycles. The highest BCUT2D eigenvalue weighted by atomic mass is 15.0. The van der Waals surface area contributed by atoms with E-state index >= 15 is 0 Å². The molecule has 0 aliphatic heterocycles. The summed E-state index contributed by atoms with van der Waals surface area (Å²) in [6, 6.07) is 44.4. The number of pyridine rings is 1. The lowest BCUT2D eigenvalue weighted by molar-refractivity contribution is 1.14. The van der Waals surface area contributed by atoms with Crippen LogP contribution in [0.5, 0.6) is 0 Å². The molecule has 0 aliphatic rings. The molecule has 186 valence electrons. The third kappa shape index (κ3) is 3.15. The highest BCUT2D eigenvalue weighted by Crippen LogP contribution is 2.38. The lowest BCUT2D eigenvalue weighted by Crippen LogP contribution is -2.00. The highest BCUT2D eigenvalue weighted by Gasteiger charge is 2.18. The third-order valence-corrected chi connectivity index (χ3v) is 7.87. The van der Waals surface area contributed by atoms with Crippen LogP contribution in [-0.2, 0) is 0 Å². The molecule has 8 aromatic rings. The number of nitriles is 1. The van der Waals surface area contributed by atoms with Gasteiger partial charge in [0.1, 0.15) is 0 Å². The predicted molar refractivity (Wildman–Crippen MR) is 163 cm³/mol. The maximum absolute atomic E-state index is 10.4. The fraction of sp³-hybridized carbons (Fsp3) is 0. The number of benzene rings is 5. The molecule has 0 saturated carbocycles. The minimum atomic E-state index is 0.618. The van der Waals surface area contributed by atoms with E-state index in [4.69, 9.17) is 0 Å². The molecule has 5 aromatic carbocycles. The molecule has 3 heterocycles. The van der Waals surface area contributed by atoms with E-state index < -0.39 is 0 Å².